The number of rotatable bonds is 6. The molecule has 2 fully saturated rings. The van der Waals surface area contributed by atoms with Crippen LogP contribution < -0.4 is 0 Å². The predicted octanol–water partition coefficient (Wildman–Crippen LogP) is 2.74. The summed E-state index contributed by atoms with van der Waals surface area (Å²) < 4.78 is 10.7. The third-order valence-corrected chi connectivity index (χ3v) is 4.40. The van der Waals surface area contributed by atoms with Gasteiger partial charge in [-0.3, -0.25) is 4.90 Å². The zero-order valence-corrected chi connectivity index (χ0v) is 14.6. The van der Waals surface area contributed by atoms with Gasteiger partial charge in [-0.05, 0) is 52.4 Å². The number of carbonyl (C=O) groups is 1. The van der Waals surface area contributed by atoms with E-state index in [1.54, 1.807) is 7.11 Å². The van der Waals surface area contributed by atoms with Crippen molar-refractivity contribution in [2.45, 2.75) is 58.1 Å². The molecular formula is C17H32N2O3. The van der Waals surface area contributed by atoms with E-state index in [0.29, 0.717) is 6.04 Å². The Balaban J connectivity index is 1.79. The highest BCUT2D eigenvalue weighted by Crippen LogP contribution is 2.31. The van der Waals surface area contributed by atoms with E-state index in [4.69, 9.17) is 9.47 Å². The normalized spacial score (nSPS) is 20.5. The van der Waals surface area contributed by atoms with Crippen LogP contribution in [0, 0.1) is 5.92 Å². The molecule has 1 aliphatic carbocycles. The van der Waals surface area contributed by atoms with Crippen LogP contribution in [0.25, 0.3) is 0 Å². The van der Waals surface area contributed by atoms with E-state index in [-0.39, 0.29) is 6.09 Å². The van der Waals surface area contributed by atoms with E-state index in [9.17, 15) is 4.79 Å². The van der Waals surface area contributed by atoms with Crippen molar-refractivity contribution in [2.24, 2.45) is 5.92 Å². The van der Waals surface area contributed by atoms with Crippen LogP contribution in [0.15, 0.2) is 0 Å². The van der Waals surface area contributed by atoms with Crippen LogP contribution in [-0.4, -0.2) is 67.4 Å². The van der Waals surface area contributed by atoms with E-state index in [1.165, 1.54) is 19.4 Å². The first kappa shape index (κ1) is 17.5. The fourth-order valence-corrected chi connectivity index (χ4v) is 3.00. The molecular weight excluding hydrogens is 280 g/mol. The lowest BCUT2D eigenvalue weighted by atomic mass is 10.0. The average Bonchev–Trinajstić information content (AvgIpc) is 3.26. The number of nitrogens with zero attached hydrogens (tertiary/aromatic N) is 2. The zero-order valence-electron chi connectivity index (χ0n) is 14.6. The summed E-state index contributed by atoms with van der Waals surface area (Å²) in [5, 5.41) is 0. The standard InChI is InChI=1S/C17H32N2O3/c1-17(2,3)22-16(20)18-9-7-15(8-10-18)19(11-12-21-4)13-14-5-6-14/h14-15H,5-13H2,1-4H3. The number of carbonyl (C=O) groups excluding carboxylic acids is 1. The minimum atomic E-state index is -0.412. The predicted molar refractivity (Wildman–Crippen MR) is 87.0 cm³/mol. The van der Waals surface area contributed by atoms with Gasteiger partial charge in [-0.1, -0.05) is 0 Å². The van der Waals surface area contributed by atoms with Crippen LogP contribution in [0.1, 0.15) is 46.5 Å². The van der Waals surface area contributed by atoms with Crippen molar-refractivity contribution in [2.75, 3.05) is 39.9 Å². The summed E-state index contributed by atoms with van der Waals surface area (Å²) in [5.41, 5.74) is -0.412. The smallest absolute Gasteiger partial charge is 0.410 e. The van der Waals surface area contributed by atoms with Crippen LogP contribution in [0.3, 0.4) is 0 Å². The van der Waals surface area contributed by atoms with Gasteiger partial charge in [0.15, 0.2) is 0 Å². The van der Waals surface area contributed by atoms with E-state index >= 15 is 0 Å². The molecule has 1 saturated carbocycles. The molecule has 0 aromatic carbocycles. The Labute approximate surface area is 134 Å². The molecule has 1 amide bonds. The lowest BCUT2D eigenvalue weighted by molar-refractivity contribution is 0.0122. The van der Waals surface area contributed by atoms with Gasteiger partial charge in [0.05, 0.1) is 6.61 Å². The number of likely N-dealkylation sites (tertiary alicyclic amines) is 1. The Morgan fingerprint density at radius 1 is 1.18 bits per heavy atom. The van der Waals surface area contributed by atoms with Crippen LogP contribution in [0.2, 0.25) is 0 Å². The molecule has 0 unspecified atom stereocenters. The second kappa shape index (κ2) is 7.64. The highest BCUT2D eigenvalue weighted by Gasteiger charge is 2.32. The highest BCUT2D eigenvalue weighted by molar-refractivity contribution is 5.68. The summed E-state index contributed by atoms with van der Waals surface area (Å²) in [7, 11) is 1.76. The molecule has 0 aromatic rings. The third kappa shape index (κ3) is 5.76. The fraction of sp³-hybridized carbons (Fsp3) is 0.941. The van der Waals surface area contributed by atoms with Crippen molar-refractivity contribution >= 4 is 6.09 Å². The van der Waals surface area contributed by atoms with Crippen molar-refractivity contribution in [3.05, 3.63) is 0 Å². The van der Waals surface area contributed by atoms with Crippen LogP contribution in [0.4, 0.5) is 4.79 Å². The first-order chi connectivity index (χ1) is 10.4. The minimum Gasteiger partial charge on any atom is -0.444 e. The number of hydrogen-bond donors (Lipinski definition) is 0. The summed E-state index contributed by atoms with van der Waals surface area (Å²) in [6.07, 6.45) is 4.66. The molecule has 0 spiro atoms. The molecule has 0 radical (unpaired) electrons. The Morgan fingerprint density at radius 2 is 1.82 bits per heavy atom. The summed E-state index contributed by atoms with van der Waals surface area (Å²) in [5.74, 6) is 0.890. The van der Waals surface area contributed by atoms with Crippen LogP contribution in [0.5, 0.6) is 0 Å². The molecule has 5 heteroatoms. The Morgan fingerprint density at radius 3 is 2.32 bits per heavy atom. The molecule has 1 saturated heterocycles. The van der Waals surface area contributed by atoms with Crippen molar-refractivity contribution in [3.63, 3.8) is 0 Å². The highest BCUT2D eigenvalue weighted by atomic mass is 16.6. The van der Waals surface area contributed by atoms with Gasteiger partial charge in [0.2, 0.25) is 0 Å². The Bertz CT molecular complexity index is 355. The van der Waals surface area contributed by atoms with E-state index in [2.05, 4.69) is 4.90 Å². The molecule has 128 valence electrons. The van der Waals surface area contributed by atoms with Gasteiger partial charge in [-0.15, -0.1) is 0 Å². The van der Waals surface area contributed by atoms with Gasteiger partial charge in [0.25, 0.3) is 0 Å². The molecule has 0 bridgehead atoms. The molecule has 2 rings (SSSR count). The van der Waals surface area contributed by atoms with Crippen molar-refractivity contribution in [3.8, 4) is 0 Å². The van der Waals surface area contributed by atoms with Crippen molar-refractivity contribution in [1.82, 2.24) is 9.80 Å². The Hall–Kier alpha value is -0.810. The maximum absolute atomic E-state index is 12.1. The first-order valence-corrected chi connectivity index (χ1v) is 8.60. The molecule has 2 aliphatic rings. The van der Waals surface area contributed by atoms with Crippen molar-refractivity contribution in [1.29, 1.82) is 0 Å². The molecule has 22 heavy (non-hydrogen) atoms. The number of hydrogen-bond acceptors (Lipinski definition) is 4. The molecule has 0 N–H and O–H groups in total. The summed E-state index contributed by atoms with van der Waals surface area (Å²) in [4.78, 5) is 16.6. The van der Waals surface area contributed by atoms with Crippen LogP contribution >= 0.6 is 0 Å². The Kier molecular flexibility index (Phi) is 6.09. The third-order valence-electron chi connectivity index (χ3n) is 4.40. The lowest BCUT2D eigenvalue weighted by Crippen LogP contribution is -2.49. The van der Waals surface area contributed by atoms with Gasteiger partial charge in [0.1, 0.15) is 5.60 Å². The fourth-order valence-electron chi connectivity index (χ4n) is 3.00. The van der Waals surface area contributed by atoms with E-state index < -0.39 is 5.60 Å². The quantitative estimate of drug-likeness (QED) is 0.756. The molecule has 5 nitrogen and oxygen atoms in total. The maximum Gasteiger partial charge on any atom is 0.410 e. The lowest BCUT2D eigenvalue weighted by Gasteiger charge is -2.39. The summed E-state index contributed by atoms with van der Waals surface area (Å²) in [6.45, 7) is 10.3. The maximum atomic E-state index is 12.1. The van der Waals surface area contributed by atoms with Gasteiger partial charge < -0.3 is 14.4 Å². The average molecular weight is 312 g/mol. The van der Waals surface area contributed by atoms with Gasteiger partial charge in [-0.2, -0.15) is 0 Å². The monoisotopic (exact) mass is 312 g/mol. The summed E-state index contributed by atoms with van der Waals surface area (Å²) >= 11 is 0. The SMILES string of the molecule is COCCN(CC1CC1)C1CCN(C(=O)OC(C)(C)C)CC1. The second-order valence-corrected chi connectivity index (χ2v) is 7.63. The van der Waals surface area contributed by atoms with Gasteiger partial charge in [-0.25, -0.2) is 4.79 Å². The largest absolute Gasteiger partial charge is 0.444 e. The number of methoxy groups -OCH3 is 1. The van der Waals surface area contributed by atoms with E-state index in [0.717, 1.165) is 45.0 Å². The topological polar surface area (TPSA) is 42.0 Å². The molecule has 0 aromatic heterocycles. The molecule has 0 atom stereocenters. The molecule has 1 aliphatic heterocycles. The van der Waals surface area contributed by atoms with Crippen molar-refractivity contribution < 1.29 is 14.3 Å². The second-order valence-electron chi connectivity index (χ2n) is 7.63. The zero-order chi connectivity index (χ0) is 16.2. The molecule has 1 heterocycles. The number of amides is 1. The number of ether oxygens (including phenoxy) is 2. The first-order valence-electron chi connectivity index (χ1n) is 8.60. The van der Waals surface area contributed by atoms with Crippen LogP contribution in [-0.2, 0) is 9.47 Å². The summed E-state index contributed by atoms with van der Waals surface area (Å²) in [6, 6.07) is 0.578. The van der Waals surface area contributed by atoms with E-state index in [1.807, 2.05) is 25.7 Å². The van der Waals surface area contributed by atoms with Gasteiger partial charge >= 0.3 is 6.09 Å². The number of piperidine rings is 1. The van der Waals surface area contributed by atoms with Gasteiger partial charge in [0, 0.05) is 39.3 Å². The minimum absolute atomic E-state index is 0.170.